The van der Waals surface area contributed by atoms with Gasteiger partial charge < -0.3 is 19.5 Å². The number of hydrogen-bond donors (Lipinski definition) is 1. The van der Waals surface area contributed by atoms with Gasteiger partial charge in [0.05, 0.1) is 54.9 Å². The molecule has 4 amide bonds. The van der Waals surface area contributed by atoms with Crippen LogP contribution in [0.1, 0.15) is 31.2 Å². The topological polar surface area (TPSA) is 117 Å². The van der Waals surface area contributed by atoms with Gasteiger partial charge in [0.15, 0.2) is 0 Å². The van der Waals surface area contributed by atoms with Gasteiger partial charge >= 0.3 is 0 Å². The molecule has 3 heterocycles. The molecule has 0 radical (unpaired) electrons. The third-order valence-corrected chi connectivity index (χ3v) is 11.3. The molecule has 0 bridgehead atoms. The van der Waals surface area contributed by atoms with Crippen molar-refractivity contribution in [3.8, 4) is 11.5 Å². The van der Waals surface area contributed by atoms with Gasteiger partial charge in [-0.2, -0.15) is 0 Å². The first-order valence-corrected chi connectivity index (χ1v) is 16.5. The highest BCUT2D eigenvalue weighted by Gasteiger charge is 2.68. The quantitative estimate of drug-likeness (QED) is 0.314. The van der Waals surface area contributed by atoms with Crippen LogP contribution in [0.25, 0.3) is 0 Å². The van der Waals surface area contributed by atoms with Gasteiger partial charge in [0.1, 0.15) is 11.5 Å². The van der Waals surface area contributed by atoms with E-state index in [4.69, 9.17) is 9.47 Å². The number of para-hydroxylation sites is 1. The molecule has 5 aliphatic rings. The fourth-order valence-electron chi connectivity index (χ4n) is 9.01. The number of fused-ring (bicyclic) bond motifs is 4. The van der Waals surface area contributed by atoms with Gasteiger partial charge in [-0.15, -0.1) is 0 Å². The lowest BCUT2D eigenvalue weighted by Crippen LogP contribution is -2.49. The molecule has 6 unspecified atom stereocenters. The predicted molar refractivity (Wildman–Crippen MR) is 178 cm³/mol. The maximum atomic E-state index is 14.6. The molecule has 8 rings (SSSR count). The Kier molecular flexibility index (Phi) is 7.17. The number of benzene rings is 3. The van der Waals surface area contributed by atoms with Gasteiger partial charge in [0.2, 0.25) is 23.6 Å². The molecular weight excluding hydrogens is 610 g/mol. The maximum absolute atomic E-state index is 14.6. The number of rotatable bonds is 5. The van der Waals surface area contributed by atoms with Gasteiger partial charge in [-0.1, -0.05) is 35.9 Å². The number of phenolic OH excluding ortho intramolecular Hbond substituents is 1. The summed E-state index contributed by atoms with van der Waals surface area (Å²) in [6.45, 7) is 4.69. The number of amides is 4. The molecule has 0 aromatic heterocycles. The Hall–Kier alpha value is -4.96. The number of carbonyl (C=O) groups is 4. The van der Waals surface area contributed by atoms with E-state index in [0.29, 0.717) is 42.3 Å². The summed E-state index contributed by atoms with van der Waals surface area (Å²) in [5.74, 6) is -3.85. The minimum absolute atomic E-state index is 0.00827. The molecule has 10 nitrogen and oxygen atoms in total. The van der Waals surface area contributed by atoms with Crippen LogP contribution in [0.2, 0.25) is 0 Å². The molecule has 3 aromatic carbocycles. The van der Waals surface area contributed by atoms with E-state index < -0.39 is 35.0 Å². The zero-order valence-corrected chi connectivity index (χ0v) is 26.9. The second kappa shape index (κ2) is 11.3. The minimum Gasteiger partial charge on any atom is -0.508 e. The molecule has 3 aliphatic heterocycles. The maximum Gasteiger partial charge on any atom is 0.241 e. The van der Waals surface area contributed by atoms with Gasteiger partial charge in [0.25, 0.3) is 0 Å². The lowest BCUT2D eigenvalue weighted by molar-refractivity contribution is -0.131. The van der Waals surface area contributed by atoms with E-state index in [2.05, 4.69) is 4.90 Å². The molecule has 48 heavy (non-hydrogen) atoms. The van der Waals surface area contributed by atoms with Crippen LogP contribution in [0, 0.1) is 29.1 Å². The van der Waals surface area contributed by atoms with Crippen molar-refractivity contribution in [3.05, 3.63) is 90.0 Å². The van der Waals surface area contributed by atoms with Crippen LogP contribution in [0.15, 0.2) is 84.4 Å². The highest BCUT2D eigenvalue weighted by molar-refractivity contribution is 6.25. The first kappa shape index (κ1) is 30.4. The smallest absolute Gasteiger partial charge is 0.241 e. The van der Waals surface area contributed by atoms with Crippen LogP contribution in [-0.4, -0.2) is 62.1 Å². The fourth-order valence-corrected chi connectivity index (χ4v) is 9.01. The summed E-state index contributed by atoms with van der Waals surface area (Å²) in [5.41, 5.74) is 2.34. The highest BCUT2D eigenvalue weighted by atomic mass is 16.5. The lowest BCUT2D eigenvalue weighted by Gasteiger charge is -2.49. The molecule has 2 aliphatic carbocycles. The third-order valence-electron chi connectivity index (χ3n) is 11.3. The molecule has 4 fully saturated rings. The Bertz CT molecular complexity index is 1850. The summed E-state index contributed by atoms with van der Waals surface area (Å²) >= 11 is 0. The fraction of sp³-hybridized carbons (Fsp3) is 0.368. The number of methoxy groups -OCH3 is 1. The van der Waals surface area contributed by atoms with Crippen LogP contribution in [-0.2, 0) is 23.9 Å². The van der Waals surface area contributed by atoms with Gasteiger partial charge in [-0.3, -0.25) is 24.1 Å². The SMILES string of the molecule is COc1cc(O)ccc1C1C2=CCC3C(=O)N(c4ccc(N5CCOCC5)cc4)C(=O)C3C2CC2C(=O)N(c3ccccc3)C(=O)C21C. The molecule has 3 saturated heterocycles. The number of allylic oxidation sites excluding steroid dienone is 2. The number of morpholine rings is 1. The monoisotopic (exact) mass is 647 g/mol. The Balaban J connectivity index is 1.20. The summed E-state index contributed by atoms with van der Waals surface area (Å²) in [7, 11) is 1.50. The number of aromatic hydroxyl groups is 1. The van der Waals surface area contributed by atoms with Crippen molar-refractivity contribution in [1.29, 1.82) is 0 Å². The average molecular weight is 648 g/mol. The lowest BCUT2D eigenvalue weighted by atomic mass is 9.51. The minimum atomic E-state index is -1.20. The van der Waals surface area contributed by atoms with E-state index in [9.17, 15) is 24.3 Å². The Morgan fingerprint density at radius 1 is 0.812 bits per heavy atom. The zero-order valence-electron chi connectivity index (χ0n) is 26.9. The van der Waals surface area contributed by atoms with Crippen LogP contribution >= 0.6 is 0 Å². The molecule has 10 heteroatoms. The first-order chi connectivity index (χ1) is 23.2. The second-order valence-corrected chi connectivity index (χ2v) is 13.6. The van der Waals surface area contributed by atoms with E-state index in [-0.39, 0.29) is 35.8 Å². The van der Waals surface area contributed by atoms with Crippen molar-refractivity contribution in [2.45, 2.75) is 25.7 Å². The molecule has 3 aromatic rings. The van der Waals surface area contributed by atoms with Crippen molar-refractivity contribution in [3.63, 3.8) is 0 Å². The summed E-state index contributed by atoms with van der Waals surface area (Å²) in [5, 5.41) is 10.3. The van der Waals surface area contributed by atoms with Crippen LogP contribution < -0.4 is 19.4 Å². The predicted octanol–water partition coefficient (Wildman–Crippen LogP) is 4.67. The largest absolute Gasteiger partial charge is 0.508 e. The van der Waals surface area contributed by atoms with Gasteiger partial charge in [-0.25, -0.2) is 4.90 Å². The number of phenols is 1. The summed E-state index contributed by atoms with van der Waals surface area (Å²) in [4.78, 5) is 62.2. The molecule has 1 N–H and O–H groups in total. The number of ether oxygens (including phenoxy) is 2. The van der Waals surface area contributed by atoms with Gasteiger partial charge in [0, 0.05) is 36.3 Å². The number of imide groups is 2. The normalized spacial score (nSPS) is 29.8. The van der Waals surface area contributed by atoms with Crippen molar-refractivity contribution < 1.29 is 33.8 Å². The molecule has 246 valence electrons. The molecule has 0 spiro atoms. The number of anilines is 3. The van der Waals surface area contributed by atoms with E-state index in [1.54, 1.807) is 36.4 Å². The van der Waals surface area contributed by atoms with Crippen molar-refractivity contribution in [2.24, 2.45) is 29.1 Å². The molecule has 1 saturated carbocycles. The summed E-state index contributed by atoms with van der Waals surface area (Å²) in [6, 6.07) is 21.2. The standard InChI is InChI=1S/C38H37N3O7/c1-38-30(35(44)41(37(38)46)23-6-4-3-5-7-23)21-29-26(33(38)27-13-12-25(42)20-31(27)47-2)14-15-28-32(29)36(45)40(34(28)43)24-10-8-22(9-11-24)39-16-18-48-19-17-39/h3-14,20,28-30,32-33,42H,15-19,21H2,1-2H3. The van der Waals surface area contributed by atoms with E-state index >= 15 is 0 Å². The van der Waals surface area contributed by atoms with Crippen molar-refractivity contribution in [1.82, 2.24) is 0 Å². The van der Waals surface area contributed by atoms with Crippen LogP contribution in [0.3, 0.4) is 0 Å². The van der Waals surface area contributed by atoms with E-state index in [0.717, 1.165) is 24.4 Å². The summed E-state index contributed by atoms with van der Waals surface area (Å²) in [6.07, 6.45) is 2.62. The number of hydrogen-bond acceptors (Lipinski definition) is 8. The van der Waals surface area contributed by atoms with Crippen LogP contribution in [0.5, 0.6) is 11.5 Å². The summed E-state index contributed by atoms with van der Waals surface area (Å²) < 4.78 is 11.2. The van der Waals surface area contributed by atoms with Crippen molar-refractivity contribution >= 4 is 40.7 Å². The van der Waals surface area contributed by atoms with E-state index in [1.165, 1.54) is 23.0 Å². The van der Waals surface area contributed by atoms with Gasteiger partial charge in [-0.05, 0) is 68.1 Å². The molecular formula is C38H37N3O7. The van der Waals surface area contributed by atoms with E-state index in [1.807, 2.05) is 43.3 Å². The Morgan fingerprint density at radius 3 is 2.21 bits per heavy atom. The molecule has 6 atom stereocenters. The van der Waals surface area contributed by atoms with Crippen LogP contribution in [0.4, 0.5) is 17.1 Å². The zero-order chi connectivity index (χ0) is 33.3. The Labute approximate surface area is 278 Å². The number of nitrogens with zero attached hydrogens (tertiary/aromatic N) is 3. The average Bonchev–Trinajstić information content (AvgIpc) is 3.48. The number of carbonyl (C=O) groups excluding carboxylic acids is 4. The first-order valence-electron chi connectivity index (χ1n) is 16.5. The van der Waals surface area contributed by atoms with Crippen molar-refractivity contribution in [2.75, 3.05) is 48.1 Å². The third kappa shape index (κ3) is 4.35. The second-order valence-electron chi connectivity index (χ2n) is 13.6. The Morgan fingerprint density at radius 2 is 1.50 bits per heavy atom. The highest BCUT2D eigenvalue weighted by Crippen LogP contribution is 2.64.